The molecule has 0 aliphatic heterocycles. The molecule has 6 heteroatoms. The topological polar surface area (TPSA) is 46.2 Å². The highest BCUT2D eigenvalue weighted by Gasteiger charge is 2.15. The summed E-state index contributed by atoms with van der Waals surface area (Å²) in [5.41, 5.74) is 0.809. The third-order valence-electron chi connectivity index (χ3n) is 2.76. The van der Waals surface area contributed by atoms with Gasteiger partial charge in [0.05, 0.1) is 10.8 Å². The van der Waals surface area contributed by atoms with Crippen LogP contribution in [-0.4, -0.2) is 27.0 Å². The van der Waals surface area contributed by atoms with E-state index in [0.717, 1.165) is 18.5 Å². The molecule has 1 aromatic rings. The summed E-state index contributed by atoms with van der Waals surface area (Å²) < 4.78 is 35.6. The van der Waals surface area contributed by atoms with Gasteiger partial charge in [-0.25, -0.2) is 12.8 Å². The Morgan fingerprint density at radius 3 is 2.63 bits per heavy atom. The van der Waals surface area contributed by atoms with Crippen LogP contribution in [-0.2, 0) is 9.84 Å². The predicted octanol–water partition coefficient (Wildman–Crippen LogP) is 2.95. The van der Waals surface area contributed by atoms with Gasteiger partial charge < -0.3 is 5.32 Å². The second kappa shape index (κ2) is 7.22. The van der Waals surface area contributed by atoms with Crippen molar-refractivity contribution in [3.8, 4) is 0 Å². The van der Waals surface area contributed by atoms with Crippen LogP contribution in [0.5, 0.6) is 0 Å². The van der Waals surface area contributed by atoms with E-state index < -0.39 is 15.7 Å². The zero-order valence-electron chi connectivity index (χ0n) is 11.1. The summed E-state index contributed by atoms with van der Waals surface area (Å²) in [5.74, 6) is -0.383. The SMILES string of the molecule is CCCNC(CCS(C)(=O)=O)c1ccc(F)c(Cl)c1. The van der Waals surface area contributed by atoms with Gasteiger partial charge in [-0.3, -0.25) is 0 Å². The van der Waals surface area contributed by atoms with Gasteiger partial charge >= 0.3 is 0 Å². The van der Waals surface area contributed by atoms with E-state index in [0.29, 0.717) is 6.42 Å². The van der Waals surface area contributed by atoms with Crippen LogP contribution in [0.3, 0.4) is 0 Å². The van der Waals surface area contributed by atoms with Gasteiger partial charge in [-0.1, -0.05) is 24.6 Å². The largest absolute Gasteiger partial charge is 0.310 e. The van der Waals surface area contributed by atoms with E-state index in [1.807, 2.05) is 6.92 Å². The summed E-state index contributed by atoms with van der Waals surface area (Å²) in [6.45, 7) is 2.79. The van der Waals surface area contributed by atoms with Crippen molar-refractivity contribution in [2.24, 2.45) is 0 Å². The van der Waals surface area contributed by atoms with Crippen LogP contribution in [0.15, 0.2) is 18.2 Å². The van der Waals surface area contributed by atoms with Crippen LogP contribution in [0.1, 0.15) is 31.4 Å². The van der Waals surface area contributed by atoms with E-state index in [4.69, 9.17) is 11.6 Å². The maximum Gasteiger partial charge on any atom is 0.147 e. The lowest BCUT2D eigenvalue weighted by atomic mass is 10.0. The zero-order chi connectivity index (χ0) is 14.5. The molecule has 0 radical (unpaired) electrons. The van der Waals surface area contributed by atoms with Crippen LogP contribution < -0.4 is 5.32 Å². The van der Waals surface area contributed by atoms with Crippen LogP contribution in [0.4, 0.5) is 4.39 Å². The lowest BCUT2D eigenvalue weighted by Crippen LogP contribution is -2.24. The molecule has 0 heterocycles. The van der Waals surface area contributed by atoms with Crippen molar-refractivity contribution in [1.82, 2.24) is 5.32 Å². The molecule has 1 rings (SSSR count). The van der Waals surface area contributed by atoms with Gasteiger partial charge in [-0.2, -0.15) is 0 Å². The average molecular weight is 308 g/mol. The molecular weight excluding hydrogens is 289 g/mol. The third kappa shape index (κ3) is 5.89. The molecule has 1 N–H and O–H groups in total. The molecule has 1 atom stereocenters. The second-order valence-electron chi connectivity index (χ2n) is 4.60. The summed E-state index contributed by atoms with van der Waals surface area (Å²) >= 11 is 5.76. The number of halogens is 2. The third-order valence-corrected chi connectivity index (χ3v) is 4.03. The van der Waals surface area contributed by atoms with Crippen molar-refractivity contribution < 1.29 is 12.8 Å². The highest BCUT2D eigenvalue weighted by atomic mass is 35.5. The highest BCUT2D eigenvalue weighted by molar-refractivity contribution is 7.90. The fourth-order valence-electron chi connectivity index (χ4n) is 1.77. The van der Waals surface area contributed by atoms with E-state index in [1.165, 1.54) is 12.3 Å². The number of hydrogen-bond donors (Lipinski definition) is 1. The quantitative estimate of drug-likeness (QED) is 0.842. The molecule has 3 nitrogen and oxygen atoms in total. The van der Waals surface area contributed by atoms with E-state index >= 15 is 0 Å². The van der Waals surface area contributed by atoms with Crippen molar-refractivity contribution in [3.05, 3.63) is 34.6 Å². The average Bonchev–Trinajstić information content (AvgIpc) is 2.32. The summed E-state index contributed by atoms with van der Waals surface area (Å²) in [6.07, 6.45) is 2.59. The first-order valence-electron chi connectivity index (χ1n) is 6.19. The Kier molecular flexibility index (Phi) is 6.23. The second-order valence-corrected chi connectivity index (χ2v) is 7.27. The molecule has 0 saturated heterocycles. The Morgan fingerprint density at radius 1 is 1.42 bits per heavy atom. The van der Waals surface area contributed by atoms with Gasteiger partial charge in [0.25, 0.3) is 0 Å². The van der Waals surface area contributed by atoms with E-state index in [9.17, 15) is 12.8 Å². The molecule has 108 valence electrons. The first-order chi connectivity index (χ1) is 8.83. The minimum atomic E-state index is -3.02. The summed E-state index contributed by atoms with van der Waals surface area (Å²) in [7, 11) is -3.02. The Bertz CT molecular complexity index is 519. The first kappa shape index (κ1) is 16.4. The van der Waals surface area contributed by atoms with Gasteiger partial charge in [0.1, 0.15) is 15.7 Å². The highest BCUT2D eigenvalue weighted by Crippen LogP contribution is 2.23. The van der Waals surface area contributed by atoms with Crippen LogP contribution in [0.25, 0.3) is 0 Å². The molecule has 0 saturated carbocycles. The summed E-state index contributed by atoms with van der Waals surface area (Å²) in [4.78, 5) is 0. The van der Waals surface area contributed by atoms with Crippen molar-refractivity contribution in [2.45, 2.75) is 25.8 Å². The number of hydrogen-bond acceptors (Lipinski definition) is 3. The molecule has 0 bridgehead atoms. The van der Waals surface area contributed by atoms with Crippen LogP contribution in [0, 0.1) is 5.82 Å². The molecule has 0 spiro atoms. The lowest BCUT2D eigenvalue weighted by Gasteiger charge is -2.19. The molecule has 0 aliphatic rings. The van der Waals surface area contributed by atoms with Gasteiger partial charge in [0, 0.05) is 12.3 Å². The number of benzene rings is 1. The van der Waals surface area contributed by atoms with E-state index in [-0.39, 0.29) is 16.8 Å². The standard InChI is InChI=1S/C13H19ClFNO2S/c1-3-7-16-13(6-8-19(2,17)18)10-4-5-12(15)11(14)9-10/h4-5,9,13,16H,3,6-8H2,1-2H3. The molecule has 0 fully saturated rings. The Hall–Kier alpha value is -0.650. The number of nitrogens with one attached hydrogen (secondary N) is 1. The molecule has 19 heavy (non-hydrogen) atoms. The normalized spacial score (nSPS) is 13.5. The maximum absolute atomic E-state index is 13.1. The minimum absolute atomic E-state index is 0.0557. The van der Waals surface area contributed by atoms with Crippen molar-refractivity contribution in [2.75, 3.05) is 18.6 Å². The monoisotopic (exact) mass is 307 g/mol. The predicted molar refractivity (Wildman–Crippen MR) is 76.8 cm³/mol. The molecule has 1 unspecified atom stereocenters. The van der Waals surface area contributed by atoms with Gasteiger partial charge in [-0.15, -0.1) is 0 Å². The summed E-state index contributed by atoms with van der Waals surface area (Å²) in [5, 5.41) is 3.32. The zero-order valence-corrected chi connectivity index (χ0v) is 12.7. The Balaban J connectivity index is 2.85. The van der Waals surface area contributed by atoms with Crippen molar-refractivity contribution in [3.63, 3.8) is 0 Å². The molecular formula is C13H19ClFNO2S. The Morgan fingerprint density at radius 2 is 2.11 bits per heavy atom. The molecule has 0 aromatic heterocycles. The van der Waals surface area contributed by atoms with Crippen LogP contribution in [0.2, 0.25) is 5.02 Å². The van der Waals surface area contributed by atoms with Gasteiger partial charge in [0.15, 0.2) is 0 Å². The molecule has 0 aliphatic carbocycles. The van der Waals surface area contributed by atoms with E-state index in [2.05, 4.69) is 5.32 Å². The smallest absolute Gasteiger partial charge is 0.147 e. The van der Waals surface area contributed by atoms with Gasteiger partial charge in [0.2, 0.25) is 0 Å². The fourth-order valence-corrected chi connectivity index (χ4v) is 2.62. The fraction of sp³-hybridized carbons (Fsp3) is 0.538. The molecule has 0 amide bonds. The maximum atomic E-state index is 13.1. The van der Waals surface area contributed by atoms with Gasteiger partial charge in [-0.05, 0) is 37.1 Å². The minimum Gasteiger partial charge on any atom is -0.310 e. The van der Waals surface area contributed by atoms with Crippen molar-refractivity contribution in [1.29, 1.82) is 0 Å². The van der Waals surface area contributed by atoms with Crippen molar-refractivity contribution >= 4 is 21.4 Å². The lowest BCUT2D eigenvalue weighted by molar-refractivity contribution is 0.512. The number of rotatable bonds is 7. The number of sulfone groups is 1. The summed E-state index contributed by atoms with van der Waals surface area (Å²) in [6, 6.07) is 4.36. The van der Waals surface area contributed by atoms with E-state index in [1.54, 1.807) is 12.1 Å². The van der Waals surface area contributed by atoms with Crippen LogP contribution >= 0.6 is 11.6 Å². The first-order valence-corrected chi connectivity index (χ1v) is 8.63. The molecule has 1 aromatic carbocycles. The Labute approximate surface area is 119 Å².